The van der Waals surface area contributed by atoms with Gasteiger partial charge in [0.1, 0.15) is 12.4 Å². The van der Waals surface area contributed by atoms with Gasteiger partial charge in [-0.2, -0.15) is 0 Å². The van der Waals surface area contributed by atoms with E-state index >= 15 is 0 Å². The van der Waals surface area contributed by atoms with E-state index in [1.54, 1.807) is 0 Å². The van der Waals surface area contributed by atoms with Gasteiger partial charge in [0.05, 0.1) is 17.1 Å². The molecule has 1 aliphatic carbocycles. The number of rotatable bonds is 2. The van der Waals surface area contributed by atoms with E-state index in [1.807, 2.05) is 24.4 Å². The number of carbonyl (C=O) groups is 1. The van der Waals surface area contributed by atoms with Crippen molar-refractivity contribution >= 4 is 29.3 Å². The summed E-state index contributed by atoms with van der Waals surface area (Å²) in [4.78, 5) is 11.5. The van der Waals surface area contributed by atoms with E-state index < -0.39 is 5.97 Å². The fourth-order valence-corrected chi connectivity index (χ4v) is 3.97. The lowest BCUT2D eigenvalue weighted by Crippen LogP contribution is -2.29. The monoisotopic (exact) mass is 321 g/mol. The Bertz CT molecular complexity index is 703. The van der Waals surface area contributed by atoms with Gasteiger partial charge in [-0.3, -0.25) is 0 Å². The standard InChI is InChI=1S/C17H19NO3.ClH/c19-17(20)13-9-18-14(11-5-2-1-3-6-11)10-21-15-8-4-7-12(13)16(15)18;/h4,7-9,11,14H,1-3,5-6,10H2,(H,19,20);1H/t14-;/m0./s1. The molecule has 1 aromatic heterocycles. The molecule has 118 valence electrons. The Morgan fingerprint density at radius 3 is 2.73 bits per heavy atom. The van der Waals surface area contributed by atoms with Gasteiger partial charge in [0.2, 0.25) is 0 Å². The molecular formula is C17H20ClNO3. The van der Waals surface area contributed by atoms with Gasteiger partial charge >= 0.3 is 5.97 Å². The van der Waals surface area contributed by atoms with Crippen LogP contribution in [-0.4, -0.2) is 22.2 Å². The molecule has 2 aliphatic rings. The van der Waals surface area contributed by atoms with Crippen molar-refractivity contribution in [2.75, 3.05) is 6.61 Å². The second-order valence-electron chi connectivity index (χ2n) is 6.18. The van der Waals surface area contributed by atoms with E-state index in [4.69, 9.17) is 4.74 Å². The van der Waals surface area contributed by atoms with Gasteiger partial charge < -0.3 is 14.4 Å². The van der Waals surface area contributed by atoms with Crippen LogP contribution in [0.5, 0.6) is 5.75 Å². The lowest BCUT2D eigenvalue weighted by molar-refractivity contribution is 0.0698. The molecular weight excluding hydrogens is 302 g/mol. The maximum atomic E-state index is 11.5. The first-order chi connectivity index (χ1) is 10.3. The summed E-state index contributed by atoms with van der Waals surface area (Å²) in [6, 6.07) is 5.96. The highest BCUT2D eigenvalue weighted by molar-refractivity contribution is 6.05. The maximum absolute atomic E-state index is 11.5. The molecule has 0 spiro atoms. The van der Waals surface area contributed by atoms with E-state index in [2.05, 4.69) is 4.57 Å². The Morgan fingerprint density at radius 1 is 1.23 bits per heavy atom. The van der Waals surface area contributed by atoms with Gasteiger partial charge in [-0.15, -0.1) is 12.4 Å². The normalized spacial score (nSPS) is 21.2. The molecule has 1 fully saturated rings. The van der Waals surface area contributed by atoms with E-state index in [0.717, 1.165) is 16.7 Å². The molecule has 1 atom stereocenters. The topological polar surface area (TPSA) is 51.5 Å². The van der Waals surface area contributed by atoms with Crippen molar-refractivity contribution in [3.05, 3.63) is 30.0 Å². The quantitative estimate of drug-likeness (QED) is 0.898. The van der Waals surface area contributed by atoms with Crippen LogP contribution in [0.15, 0.2) is 24.4 Å². The Balaban J connectivity index is 0.00000144. The average Bonchev–Trinajstić information content (AvgIpc) is 2.91. The second kappa shape index (κ2) is 5.84. The second-order valence-corrected chi connectivity index (χ2v) is 6.18. The molecule has 5 heteroatoms. The predicted molar refractivity (Wildman–Crippen MR) is 87.3 cm³/mol. The minimum absolute atomic E-state index is 0. The van der Waals surface area contributed by atoms with Crippen LogP contribution in [0.25, 0.3) is 10.9 Å². The third-order valence-electron chi connectivity index (χ3n) is 5.01. The van der Waals surface area contributed by atoms with Crippen molar-refractivity contribution in [1.82, 2.24) is 4.57 Å². The van der Waals surface area contributed by atoms with Crippen LogP contribution < -0.4 is 4.74 Å². The molecule has 2 aromatic rings. The van der Waals surface area contributed by atoms with Crippen molar-refractivity contribution in [1.29, 1.82) is 0 Å². The number of para-hydroxylation sites is 1. The molecule has 4 rings (SSSR count). The van der Waals surface area contributed by atoms with Crippen LogP contribution in [-0.2, 0) is 0 Å². The summed E-state index contributed by atoms with van der Waals surface area (Å²) in [6.07, 6.45) is 8.13. The smallest absolute Gasteiger partial charge is 0.337 e. The first-order valence-electron chi connectivity index (χ1n) is 7.75. The highest BCUT2D eigenvalue weighted by Gasteiger charge is 2.32. The Hall–Kier alpha value is -1.68. The third kappa shape index (κ3) is 2.26. The minimum atomic E-state index is -0.861. The van der Waals surface area contributed by atoms with E-state index in [-0.39, 0.29) is 18.4 Å². The molecule has 1 N–H and O–H groups in total. The zero-order chi connectivity index (χ0) is 14.4. The number of aromatic carboxylic acids is 1. The van der Waals surface area contributed by atoms with Crippen molar-refractivity contribution in [3.63, 3.8) is 0 Å². The average molecular weight is 322 g/mol. The van der Waals surface area contributed by atoms with Gasteiger partial charge in [0, 0.05) is 11.6 Å². The van der Waals surface area contributed by atoms with Gasteiger partial charge in [0.15, 0.2) is 0 Å². The number of nitrogens with zero attached hydrogens (tertiary/aromatic N) is 1. The molecule has 0 amide bonds. The summed E-state index contributed by atoms with van der Waals surface area (Å²) in [6.45, 7) is 0.657. The number of ether oxygens (including phenoxy) is 1. The highest BCUT2D eigenvalue weighted by atomic mass is 35.5. The lowest BCUT2D eigenvalue weighted by atomic mass is 9.83. The Morgan fingerprint density at radius 2 is 2.00 bits per heavy atom. The third-order valence-corrected chi connectivity index (χ3v) is 5.01. The Kier molecular flexibility index (Phi) is 4.04. The highest BCUT2D eigenvalue weighted by Crippen LogP contribution is 2.41. The summed E-state index contributed by atoms with van der Waals surface area (Å²) in [5, 5.41) is 10.2. The number of benzene rings is 1. The minimum Gasteiger partial charge on any atom is -0.489 e. The van der Waals surface area contributed by atoms with Gasteiger partial charge in [0.25, 0.3) is 0 Å². The molecule has 1 aromatic carbocycles. The lowest BCUT2D eigenvalue weighted by Gasteiger charge is -2.34. The van der Waals surface area contributed by atoms with Crippen molar-refractivity contribution in [3.8, 4) is 5.75 Å². The molecule has 22 heavy (non-hydrogen) atoms. The SMILES string of the molecule is Cl.O=C(O)c1cn2c3c(cccc13)OC[C@H]2C1CCCCC1. The Labute approximate surface area is 135 Å². The first-order valence-corrected chi connectivity index (χ1v) is 7.75. The number of carboxylic acids is 1. The summed E-state index contributed by atoms with van der Waals surface area (Å²) in [5.74, 6) is 0.552. The first kappa shape index (κ1) is 15.2. The molecule has 2 heterocycles. The maximum Gasteiger partial charge on any atom is 0.337 e. The number of hydrogen-bond acceptors (Lipinski definition) is 2. The predicted octanol–water partition coefficient (Wildman–Crippen LogP) is 4.28. The van der Waals surface area contributed by atoms with E-state index in [9.17, 15) is 9.90 Å². The fraction of sp³-hybridized carbons (Fsp3) is 0.471. The molecule has 1 saturated carbocycles. The van der Waals surface area contributed by atoms with Crippen LogP contribution >= 0.6 is 12.4 Å². The summed E-state index contributed by atoms with van der Waals surface area (Å²) < 4.78 is 8.11. The zero-order valence-electron chi connectivity index (χ0n) is 12.3. The molecule has 0 unspecified atom stereocenters. The zero-order valence-corrected chi connectivity index (χ0v) is 13.1. The molecule has 0 bridgehead atoms. The number of carboxylic acid groups (broad SMARTS) is 1. The molecule has 0 radical (unpaired) electrons. The van der Waals surface area contributed by atoms with Gasteiger partial charge in [-0.25, -0.2) is 4.79 Å². The van der Waals surface area contributed by atoms with Crippen molar-refractivity contribution in [2.24, 2.45) is 5.92 Å². The molecule has 1 aliphatic heterocycles. The fourth-order valence-electron chi connectivity index (χ4n) is 3.97. The van der Waals surface area contributed by atoms with Crippen LogP contribution in [0, 0.1) is 5.92 Å². The van der Waals surface area contributed by atoms with E-state index in [1.165, 1.54) is 32.1 Å². The van der Waals surface area contributed by atoms with Gasteiger partial charge in [-0.1, -0.05) is 31.4 Å². The number of halogens is 1. The van der Waals surface area contributed by atoms with Crippen LogP contribution in [0.1, 0.15) is 48.5 Å². The molecule has 0 saturated heterocycles. The van der Waals surface area contributed by atoms with Gasteiger partial charge in [-0.05, 0) is 24.8 Å². The molecule has 4 nitrogen and oxygen atoms in total. The van der Waals surface area contributed by atoms with E-state index in [0.29, 0.717) is 18.1 Å². The van der Waals surface area contributed by atoms with Crippen molar-refractivity contribution in [2.45, 2.75) is 38.1 Å². The summed E-state index contributed by atoms with van der Waals surface area (Å²) in [7, 11) is 0. The number of hydrogen-bond donors (Lipinski definition) is 1. The van der Waals surface area contributed by atoms with Crippen molar-refractivity contribution < 1.29 is 14.6 Å². The van der Waals surface area contributed by atoms with Crippen LogP contribution in [0.4, 0.5) is 0 Å². The summed E-state index contributed by atoms with van der Waals surface area (Å²) >= 11 is 0. The van der Waals surface area contributed by atoms with Crippen LogP contribution in [0.2, 0.25) is 0 Å². The summed E-state index contributed by atoms with van der Waals surface area (Å²) in [5.41, 5.74) is 1.34. The van der Waals surface area contributed by atoms with Crippen LogP contribution in [0.3, 0.4) is 0 Å². The largest absolute Gasteiger partial charge is 0.489 e. The number of aromatic nitrogens is 1.